The van der Waals surface area contributed by atoms with Gasteiger partial charge in [-0.15, -0.1) is 9.13 Å². The standard InChI is InChI=1S/C32H19N5O4/c1-3-17-26-19(5-1)40-21-9-7-15-16-8-10-22-29-24(16)25-23(15)28(21)31(26,34-13-38-17)36-11-33-12-37(30(25)36)32(29)27-18(39-14-35-32)4-2-6-20(27)41-22/h1-12,25,34-35H,13-14H2/q+2. The minimum absolute atomic E-state index is 0.0342. The minimum Gasteiger partial charge on any atom is -0.477 e. The minimum atomic E-state index is -0.761. The van der Waals surface area contributed by atoms with Crippen molar-refractivity contribution in [1.82, 2.24) is 15.6 Å². The first-order chi connectivity index (χ1) is 20.3. The highest BCUT2D eigenvalue weighted by Crippen LogP contribution is 2.65. The number of nitrogens with zero attached hydrogens (tertiary/aromatic N) is 3. The van der Waals surface area contributed by atoms with Crippen molar-refractivity contribution in [3.63, 3.8) is 0 Å². The molecule has 2 atom stereocenters. The van der Waals surface area contributed by atoms with Crippen LogP contribution in [0.2, 0.25) is 0 Å². The Bertz CT molecular complexity index is 2020. The Morgan fingerprint density at radius 2 is 1.10 bits per heavy atom. The smallest absolute Gasteiger partial charge is 0.360 e. The lowest BCUT2D eigenvalue weighted by molar-refractivity contribution is -0.891. The fourth-order valence-corrected chi connectivity index (χ4v) is 8.86. The number of nitrogens with one attached hydrogen (secondary N) is 2. The van der Waals surface area contributed by atoms with Crippen molar-refractivity contribution < 1.29 is 28.1 Å². The van der Waals surface area contributed by atoms with E-state index in [-0.39, 0.29) is 5.92 Å². The summed E-state index contributed by atoms with van der Waals surface area (Å²) in [5.41, 5.74) is 7.65. The first kappa shape index (κ1) is 20.0. The zero-order valence-electron chi connectivity index (χ0n) is 21.4. The monoisotopic (exact) mass is 537 g/mol. The molecule has 194 valence electrons. The van der Waals surface area contributed by atoms with E-state index in [0.717, 1.165) is 62.6 Å². The topological polar surface area (TPSA) is 81.6 Å². The van der Waals surface area contributed by atoms with Gasteiger partial charge in [-0.2, -0.15) is 0 Å². The fraction of sp³-hybridized carbons (Fsp3) is 0.156. The van der Waals surface area contributed by atoms with Crippen molar-refractivity contribution in [2.45, 2.75) is 17.2 Å². The van der Waals surface area contributed by atoms with Gasteiger partial charge in [-0.25, -0.2) is 10.6 Å². The van der Waals surface area contributed by atoms with E-state index in [1.807, 2.05) is 49.1 Å². The highest BCUT2D eigenvalue weighted by Gasteiger charge is 2.69. The Balaban J connectivity index is 1.34. The highest BCUT2D eigenvalue weighted by molar-refractivity contribution is 5.88. The zero-order valence-corrected chi connectivity index (χ0v) is 21.4. The summed E-state index contributed by atoms with van der Waals surface area (Å²) in [6.07, 6.45) is 3.93. The average molecular weight is 538 g/mol. The molecule has 0 radical (unpaired) electrons. The molecule has 2 unspecified atom stereocenters. The van der Waals surface area contributed by atoms with Crippen molar-refractivity contribution >= 4 is 0 Å². The second kappa shape index (κ2) is 6.02. The molecule has 2 N–H and O–H groups in total. The van der Waals surface area contributed by atoms with Crippen LogP contribution in [0.25, 0.3) is 11.1 Å². The van der Waals surface area contributed by atoms with Gasteiger partial charge < -0.3 is 18.9 Å². The number of hydrogen-bond acceptors (Lipinski definition) is 7. The Kier molecular flexibility index (Phi) is 2.93. The molecule has 0 amide bonds. The van der Waals surface area contributed by atoms with E-state index in [4.69, 9.17) is 23.9 Å². The van der Waals surface area contributed by atoms with E-state index in [9.17, 15) is 0 Å². The molecule has 4 aromatic carbocycles. The van der Waals surface area contributed by atoms with E-state index in [2.05, 4.69) is 44.0 Å². The molecule has 41 heavy (non-hydrogen) atoms. The first-order valence-corrected chi connectivity index (χ1v) is 13.9. The molecule has 0 bridgehead atoms. The molecule has 5 aromatic rings. The molecular weight excluding hydrogens is 518 g/mol. The molecule has 0 fully saturated rings. The number of benzene rings is 4. The van der Waals surface area contributed by atoms with Crippen LogP contribution in [-0.4, -0.2) is 18.4 Å². The van der Waals surface area contributed by atoms with Crippen LogP contribution >= 0.6 is 0 Å². The predicted octanol–water partition coefficient (Wildman–Crippen LogP) is 3.03. The Hall–Kier alpha value is -4.99. The maximum Gasteiger partial charge on any atom is 0.360 e. The summed E-state index contributed by atoms with van der Waals surface area (Å²) in [4.78, 5) is 4.92. The quantitative estimate of drug-likeness (QED) is 0.289. The van der Waals surface area contributed by atoms with Gasteiger partial charge in [-0.05, 0) is 58.7 Å². The largest absolute Gasteiger partial charge is 0.477 e. The lowest BCUT2D eigenvalue weighted by atomic mass is 9.71. The first-order valence-electron chi connectivity index (χ1n) is 13.9. The van der Waals surface area contributed by atoms with Crippen LogP contribution in [-0.2, 0) is 11.3 Å². The maximum atomic E-state index is 6.63. The lowest BCUT2D eigenvalue weighted by Gasteiger charge is -2.48. The second-order valence-electron chi connectivity index (χ2n) is 11.5. The summed E-state index contributed by atoms with van der Waals surface area (Å²) in [7, 11) is 0. The molecule has 6 aliphatic heterocycles. The number of ether oxygens (including phenoxy) is 4. The molecule has 12 rings (SSSR count). The Morgan fingerprint density at radius 3 is 1.63 bits per heavy atom. The SMILES string of the molecule is c1cc2c3c(c1)Oc1ccc4c5c1C3(NCO2)[n+]1cnc[n+]2c1C5c1c-4ccc3c1C21NCOc2cccc(c21)O3. The lowest BCUT2D eigenvalue weighted by Crippen LogP contribution is -2.81. The molecule has 7 aliphatic rings. The van der Waals surface area contributed by atoms with E-state index in [0.29, 0.717) is 13.5 Å². The van der Waals surface area contributed by atoms with Gasteiger partial charge in [0.05, 0.1) is 16.1 Å². The summed E-state index contributed by atoms with van der Waals surface area (Å²) < 4.78 is 30.3. The third-order valence-corrected chi connectivity index (χ3v) is 10.1. The van der Waals surface area contributed by atoms with Gasteiger partial charge in [0, 0.05) is 0 Å². The van der Waals surface area contributed by atoms with Gasteiger partial charge >= 0.3 is 18.5 Å². The molecule has 0 saturated carbocycles. The van der Waals surface area contributed by atoms with Gasteiger partial charge in [-0.1, -0.05) is 24.3 Å². The zero-order chi connectivity index (χ0) is 26.2. The molecule has 9 nitrogen and oxygen atoms in total. The van der Waals surface area contributed by atoms with Crippen LogP contribution in [0.3, 0.4) is 0 Å². The molecule has 0 saturated heterocycles. The summed E-state index contributed by atoms with van der Waals surface area (Å²) >= 11 is 0. The van der Waals surface area contributed by atoms with Crippen LogP contribution in [0, 0.1) is 0 Å². The second-order valence-corrected chi connectivity index (χ2v) is 11.5. The van der Waals surface area contributed by atoms with Gasteiger partial charge in [0.1, 0.15) is 65.0 Å². The van der Waals surface area contributed by atoms with Crippen LogP contribution in [0.5, 0.6) is 34.5 Å². The predicted molar refractivity (Wildman–Crippen MR) is 140 cm³/mol. The Morgan fingerprint density at radius 1 is 0.610 bits per heavy atom. The number of rotatable bonds is 0. The summed E-state index contributed by atoms with van der Waals surface area (Å²) in [6, 6.07) is 20.8. The molecule has 1 aromatic heterocycles. The van der Waals surface area contributed by atoms with Crippen molar-refractivity contribution in [2.24, 2.45) is 0 Å². The van der Waals surface area contributed by atoms with Crippen LogP contribution in [0.4, 0.5) is 0 Å². The Labute approximate surface area is 232 Å². The highest BCUT2D eigenvalue weighted by atomic mass is 16.5. The normalized spacial score (nSPS) is 25.9. The summed E-state index contributed by atoms with van der Waals surface area (Å²) in [5, 5.41) is 7.61. The van der Waals surface area contributed by atoms with Crippen LogP contribution < -0.4 is 38.7 Å². The summed E-state index contributed by atoms with van der Waals surface area (Å²) in [5.74, 6) is 5.99. The van der Waals surface area contributed by atoms with Gasteiger partial charge in [0.2, 0.25) is 0 Å². The van der Waals surface area contributed by atoms with Crippen molar-refractivity contribution in [3.8, 4) is 45.6 Å². The van der Waals surface area contributed by atoms with E-state index < -0.39 is 11.3 Å². The van der Waals surface area contributed by atoms with E-state index in [1.165, 1.54) is 22.3 Å². The molecule has 7 heterocycles. The number of aromatic nitrogens is 3. The van der Waals surface area contributed by atoms with E-state index in [1.54, 1.807) is 0 Å². The number of hydrogen-bond donors (Lipinski definition) is 2. The van der Waals surface area contributed by atoms with E-state index >= 15 is 0 Å². The summed E-state index contributed by atoms with van der Waals surface area (Å²) in [6.45, 7) is 0.706. The fourth-order valence-electron chi connectivity index (χ4n) is 8.86. The van der Waals surface area contributed by atoms with Gasteiger partial charge in [0.25, 0.3) is 11.3 Å². The van der Waals surface area contributed by atoms with Gasteiger partial charge in [0.15, 0.2) is 0 Å². The van der Waals surface area contributed by atoms with Crippen LogP contribution in [0.1, 0.15) is 45.1 Å². The average Bonchev–Trinajstić information content (AvgIpc) is 3.35. The van der Waals surface area contributed by atoms with Gasteiger partial charge in [-0.3, -0.25) is 0 Å². The third-order valence-electron chi connectivity index (χ3n) is 10.1. The molecule has 2 spiro atoms. The molecular formula is C32H19N5O4+2. The molecule has 1 aliphatic carbocycles. The maximum absolute atomic E-state index is 6.63. The number of fused-ring (bicyclic) bond motifs is 1. The van der Waals surface area contributed by atoms with Crippen molar-refractivity contribution in [3.05, 3.63) is 113 Å². The van der Waals surface area contributed by atoms with Crippen LogP contribution in [0.15, 0.2) is 73.3 Å². The molecule has 9 heteroatoms. The van der Waals surface area contributed by atoms with Crippen molar-refractivity contribution in [2.75, 3.05) is 13.5 Å². The van der Waals surface area contributed by atoms with Crippen molar-refractivity contribution in [1.29, 1.82) is 0 Å². The third kappa shape index (κ3) is 1.81.